The van der Waals surface area contributed by atoms with Gasteiger partial charge in [-0.3, -0.25) is 4.79 Å². The summed E-state index contributed by atoms with van der Waals surface area (Å²) in [7, 11) is -3.31. The largest absolute Gasteiger partial charge is 0.378 e. The van der Waals surface area contributed by atoms with E-state index in [0.29, 0.717) is 25.3 Å². The zero-order valence-electron chi connectivity index (χ0n) is 14.0. The normalized spacial score (nSPS) is 11.7. The topological polar surface area (TPSA) is 75.7 Å². The number of rotatable bonds is 10. The Bertz CT molecular complexity index is 598. The van der Waals surface area contributed by atoms with E-state index in [1.165, 1.54) is 12.1 Å². The predicted octanol–water partition coefficient (Wildman–Crippen LogP) is 1.18. The first-order chi connectivity index (χ1) is 10.9. The number of likely N-dealkylation sites (N-methyl/N-ethyl adjacent to an activating group) is 1. The highest BCUT2D eigenvalue weighted by atomic mass is 32.2. The van der Waals surface area contributed by atoms with Gasteiger partial charge < -0.3 is 15.0 Å². The van der Waals surface area contributed by atoms with Crippen LogP contribution in [0.4, 0.5) is 0 Å². The van der Waals surface area contributed by atoms with E-state index in [4.69, 9.17) is 4.74 Å². The third kappa shape index (κ3) is 7.11. The molecule has 6 nitrogen and oxygen atoms in total. The molecule has 0 saturated carbocycles. The Morgan fingerprint density at radius 2 is 1.91 bits per heavy atom. The van der Waals surface area contributed by atoms with Gasteiger partial charge in [0.25, 0.3) is 5.91 Å². The lowest BCUT2D eigenvalue weighted by Gasteiger charge is -2.17. The van der Waals surface area contributed by atoms with Crippen LogP contribution in [0, 0.1) is 0 Å². The number of nitrogens with one attached hydrogen (secondary N) is 1. The molecule has 0 fully saturated rings. The van der Waals surface area contributed by atoms with Crippen LogP contribution in [0.1, 0.15) is 24.2 Å². The van der Waals surface area contributed by atoms with Crippen molar-refractivity contribution in [3.05, 3.63) is 29.8 Å². The molecule has 1 N–H and O–H groups in total. The van der Waals surface area contributed by atoms with Gasteiger partial charge >= 0.3 is 0 Å². The lowest BCUT2D eigenvalue weighted by atomic mass is 10.2. The molecule has 1 aromatic carbocycles. The van der Waals surface area contributed by atoms with Crippen LogP contribution >= 0.6 is 0 Å². The minimum Gasteiger partial charge on any atom is -0.378 e. The van der Waals surface area contributed by atoms with Crippen molar-refractivity contribution in [2.75, 3.05) is 45.6 Å². The fourth-order valence-corrected chi connectivity index (χ4v) is 2.71. The second-order valence-electron chi connectivity index (χ2n) is 5.20. The summed E-state index contributed by atoms with van der Waals surface area (Å²) in [6.07, 6.45) is 1.12. The van der Waals surface area contributed by atoms with Gasteiger partial charge in [0.1, 0.15) is 0 Å². The summed E-state index contributed by atoms with van der Waals surface area (Å²) >= 11 is 0. The second-order valence-corrected chi connectivity index (χ2v) is 7.21. The average Bonchev–Trinajstić information content (AvgIpc) is 2.53. The molecule has 130 valence electrons. The van der Waals surface area contributed by atoms with Crippen LogP contribution in [0.25, 0.3) is 0 Å². The molecule has 0 aliphatic rings. The number of carbonyl (C=O) groups is 1. The number of sulfone groups is 1. The molecule has 0 aliphatic heterocycles. The number of amides is 1. The Kier molecular flexibility index (Phi) is 8.22. The van der Waals surface area contributed by atoms with Gasteiger partial charge in [-0.25, -0.2) is 8.42 Å². The van der Waals surface area contributed by atoms with Crippen LogP contribution in [0.2, 0.25) is 0 Å². The highest BCUT2D eigenvalue weighted by Gasteiger charge is 2.11. The van der Waals surface area contributed by atoms with E-state index in [9.17, 15) is 13.2 Å². The molecule has 0 aliphatic carbocycles. The van der Waals surface area contributed by atoms with Crippen molar-refractivity contribution < 1.29 is 17.9 Å². The summed E-state index contributed by atoms with van der Waals surface area (Å²) in [5.41, 5.74) is 0.330. The minimum atomic E-state index is -3.31. The van der Waals surface area contributed by atoms with Crippen LogP contribution in [0.15, 0.2) is 29.2 Å². The van der Waals surface area contributed by atoms with Crippen molar-refractivity contribution in [1.29, 1.82) is 0 Å². The molecule has 0 unspecified atom stereocenters. The second kappa shape index (κ2) is 9.64. The van der Waals surface area contributed by atoms with Crippen LogP contribution in [0.3, 0.4) is 0 Å². The van der Waals surface area contributed by atoms with Crippen molar-refractivity contribution in [2.45, 2.75) is 18.7 Å². The van der Waals surface area contributed by atoms with Gasteiger partial charge in [0.05, 0.1) is 18.1 Å². The first-order valence-electron chi connectivity index (χ1n) is 7.76. The van der Waals surface area contributed by atoms with Crippen molar-refractivity contribution in [2.24, 2.45) is 0 Å². The van der Waals surface area contributed by atoms with Gasteiger partial charge in [-0.1, -0.05) is 19.9 Å². The SMILES string of the molecule is CCN(CC)CCOCCNC(=O)c1cccc(S(C)(=O)=O)c1. The van der Waals surface area contributed by atoms with Crippen molar-refractivity contribution in [3.8, 4) is 0 Å². The maximum absolute atomic E-state index is 12.0. The summed E-state index contributed by atoms with van der Waals surface area (Å²) < 4.78 is 28.5. The Morgan fingerprint density at radius 3 is 2.52 bits per heavy atom. The monoisotopic (exact) mass is 342 g/mol. The number of benzene rings is 1. The van der Waals surface area contributed by atoms with Crippen LogP contribution in [-0.2, 0) is 14.6 Å². The zero-order chi connectivity index (χ0) is 17.3. The van der Waals surface area contributed by atoms with Crippen LogP contribution in [-0.4, -0.2) is 64.9 Å². The van der Waals surface area contributed by atoms with Gasteiger partial charge in [0.15, 0.2) is 9.84 Å². The quantitative estimate of drug-likeness (QED) is 0.646. The van der Waals surface area contributed by atoms with Crippen LogP contribution < -0.4 is 5.32 Å². The molecular formula is C16H26N2O4S. The van der Waals surface area contributed by atoms with E-state index in [2.05, 4.69) is 24.1 Å². The first-order valence-corrected chi connectivity index (χ1v) is 9.66. The van der Waals surface area contributed by atoms with Crippen molar-refractivity contribution >= 4 is 15.7 Å². The number of carbonyl (C=O) groups excluding carboxylic acids is 1. The highest BCUT2D eigenvalue weighted by molar-refractivity contribution is 7.90. The number of hydrogen-bond acceptors (Lipinski definition) is 5. The summed E-state index contributed by atoms with van der Waals surface area (Å²) in [6, 6.07) is 6.01. The van der Waals surface area contributed by atoms with Gasteiger partial charge in [0, 0.05) is 24.9 Å². The van der Waals surface area contributed by atoms with E-state index >= 15 is 0 Å². The molecule has 0 bridgehead atoms. The standard InChI is InChI=1S/C16H26N2O4S/c1-4-18(5-2)10-12-22-11-9-17-16(19)14-7-6-8-15(13-14)23(3,20)21/h6-8,13H,4-5,9-12H2,1-3H3,(H,17,19). The molecule has 0 radical (unpaired) electrons. The molecule has 1 amide bonds. The average molecular weight is 342 g/mol. The Morgan fingerprint density at radius 1 is 1.22 bits per heavy atom. The van der Waals surface area contributed by atoms with Gasteiger partial charge in [-0.05, 0) is 31.3 Å². The zero-order valence-corrected chi connectivity index (χ0v) is 14.9. The molecule has 1 aromatic rings. The number of ether oxygens (including phenoxy) is 1. The maximum Gasteiger partial charge on any atom is 0.251 e. The molecule has 7 heteroatoms. The molecule has 23 heavy (non-hydrogen) atoms. The maximum atomic E-state index is 12.0. The smallest absolute Gasteiger partial charge is 0.251 e. The molecule has 1 rings (SSSR count). The number of hydrogen-bond donors (Lipinski definition) is 1. The number of nitrogens with zero attached hydrogens (tertiary/aromatic N) is 1. The van der Waals surface area contributed by atoms with E-state index in [1.54, 1.807) is 12.1 Å². The lowest BCUT2D eigenvalue weighted by molar-refractivity contribution is 0.0884. The van der Waals surface area contributed by atoms with E-state index in [0.717, 1.165) is 25.9 Å². The predicted molar refractivity (Wildman–Crippen MR) is 90.5 cm³/mol. The fourth-order valence-electron chi connectivity index (χ4n) is 2.04. The summed E-state index contributed by atoms with van der Waals surface area (Å²) in [5.74, 6) is -0.303. The van der Waals surface area contributed by atoms with Crippen LogP contribution in [0.5, 0.6) is 0 Å². The van der Waals surface area contributed by atoms with Crippen molar-refractivity contribution in [3.63, 3.8) is 0 Å². The molecule has 0 spiro atoms. The molecule has 0 heterocycles. The van der Waals surface area contributed by atoms with Crippen molar-refractivity contribution in [1.82, 2.24) is 10.2 Å². The summed E-state index contributed by atoms with van der Waals surface area (Å²) in [6.45, 7) is 8.51. The third-order valence-electron chi connectivity index (χ3n) is 3.50. The van der Waals surface area contributed by atoms with Gasteiger partial charge in [-0.15, -0.1) is 0 Å². The Hall–Kier alpha value is -1.44. The first kappa shape index (κ1) is 19.6. The van der Waals surface area contributed by atoms with Gasteiger partial charge in [0.2, 0.25) is 0 Å². The Labute approximate surface area is 138 Å². The Balaban J connectivity index is 2.35. The minimum absolute atomic E-state index is 0.139. The molecule has 0 aromatic heterocycles. The highest BCUT2D eigenvalue weighted by Crippen LogP contribution is 2.11. The summed E-state index contributed by atoms with van der Waals surface area (Å²) in [4.78, 5) is 14.4. The van der Waals surface area contributed by atoms with E-state index < -0.39 is 9.84 Å². The molecular weight excluding hydrogens is 316 g/mol. The van der Waals surface area contributed by atoms with Gasteiger partial charge in [-0.2, -0.15) is 0 Å². The third-order valence-corrected chi connectivity index (χ3v) is 4.61. The van der Waals surface area contributed by atoms with E-state index in [-0.39, 0.29) is 10.8 Å². The van der Waals surface area contributed by atoms with E-state index in [1.807, 2.05) is 0 Å². The summed E-state index contributed by atoms with van der Waals surface area (Å²) in [5, 5.41) is 2.72. The molecule has 0 atom stereocenters. The lowest BCUT2D eigenvalue weighted by Crippen LogP contribution is -2.30. The fraction of sp³-hybridized carbons (Fsp3) is 0.562. The molecule has 0 saturated heterocycles.